The van der Waals surface area contributed by atoms with E-state index in [1.807, 2.05) is 0 Å². The summed E-state index contributed by atoms with van der Waals surface area (Å²) in [5, 5.41) is 0. The second kappa shape index (κ2) is 3.97. The number of nitrogens with two attached hydrogens (primary N) is 1. The van der Waals surface area contributed by atoms with Gasteiger partial charge in [-0.15, -0.1) is 0 Å². The van der Waals surface area contributed by atoms with Crippen LogP contribution in [0.1, 0.15) is 10.6 Å². The lowest BCUT2D eigenvalue weighted by Crippen LogP contribution is -2.09. The third kappa shape index (κ3) is 1.89. The van der Waals surface area contributed by atoms with Crippen LogP contribution in [0.15, 0.2) is 28.7 Å². The summed E-state index contributed by atoms with van der Waals surface area (Å²) in [5.41, 5.74) is 4.66. The Balaban J connectivity index is 2.53. The smallest absolute Gasteiger partial charge is 0.284 e. The quantitative estimate of drug-likeness (QED) is 0.821. The van der Waals surface area contributed by atoms with Crippen molar-refractivity contribution in [2.24, 2.45) is 5.73 Å². The first-order chi connectivity index (χ1) is 8.00. The number of hydrogen-bond donors (Lipinski definition) is 1. The highest BCUT2D eigenvalue weighted by Crippen LogP contribution is 2.27. The van der Waals surface area contributed by atoms with Crippen molar-refractivity contribution in [2.45, 2.75) is 0 Å². The molecular weight excluding hydrogens is 235 g/mol. The first-order valence-corrected chi connectivity index (χ1v) is 4.54. The Morgan fingerprint density at radius 3 is 2.35 bits per heavy atom. The van der Waals surface area contributed by atoms with E-state index in [2.05, 4.69) is 0 Å². The number of halogens is 3. The van der Waals surface area contributed by atoms with Crippen LogP contribution in [0.3, 0.4) is 0 Å². The molecule has 88 valence electrons. The van der Waals surface area contributed by atoms with Crippen molar-refractivity contribution in [3.05, 3.63) is 47.5 Å². The Morgan fingerprint density at radius 2 is 1.76 bits per heavy atom. The molecule has 0 aliphatic heterocycles. The molecule has 0 radical (unpaired) electrons. The normalized spacial score (nSPS) is 10.5. The summed E-state index contributed by atoms with van der Waals surface area (Å²) in [4.78, 5) is 10.8. The molecule has 3 nitrogen and oxygen atoms in total. The van der Waals surface area contributed by atoms with Crippen LogP contribution in [0.4, 0.5) is 13.2 Å². The van der Waals surface area contributed by atoms with Gasteiger partial charge in [-0.3, -0.25) is 4.79 Å². The van der Waals surface area contributed by atoms with Crippen LogP contribution >= 0.6 is 0 Å². The van der Waals surface area contributed by atoms with Crippen LogP contribution in [-0.2, 0) is 0 Å². The summed E-state index contributed by atoms with van der Waals surface area (Å²) in [6.45, 7) is 0. The van der Waals surface area contributed by atoms with E-state index in [-0.39, 0.29) is 17.1 Å². The van der Waals surface area contributed by atoms with Gasteiger partial charge >= 0.3 is 0 Å². The van der Waals surface area contributed by atoms with Crippen molar-refractivity contribution in [2.75, 3.05) is 0 Å². The van der Waals surface area contributed by atoms with Crippen LogP contribution in [0.25, 0.3) is 11.3 Å². The molecule has 0 saturated carbocycles. The topological polar surface area (TPSA) is 56.2 Å². The number of carbonyl (C=O) groups is 1. The van der Waals surface area contributed by atoms with Crippen molar-refractivity contribution >= 4 is 5.91 Å². The first-order valence-electron chi connectivity index (χ1n) is 4.54. The van der Waals surface area contributed by atoms with Crippen molar-refractivity contribution in [3.63, 3.8) is 0 Å². The fourth-order valence-corrected chi connectivity index (χ4v) is 1.33. The average Bonchev–Trinajstić information content (AvgIpc) is 2.75. The Labute approximate surface area is 93.6 Å². The largest absolute Gasteiger partial charge is 0.451 e. The molecule has 1 aromatic carbocycles. The minimum absolute atomic E-state index is 0.102. The zero-order valence-electron chi connectivity index (χ0n) is 8.34. The van der Waals surface area contributed by atoms with Crippen LogP contribution in [0.2, 0.25) is 0 Å². The third-order valence-electron chi connectivity index (χ3n) is 2.15. The summed E-state index contributed by atoms with van der Waals surface area (Å²) >= 11 is 0. The van der Waals surface area contributed by atoms with E-state index in [0.717, 1.165) is 12.1 Å². The Morgan fingerprint density at radius 1 is 1.06 bits per heavy atom. The molecule has 0 atom stereocenters. The maximum Gasteiger partial charge on any atom is 0.284 e. The van der Waals surface area contributed by atoms with Gasteiger partial charge in [0.2, 0.25) is 0 Å². The first kappa shape index (κ1) is 11.3. The molecule has 0 spiro atoms. The Hall–Kier alpha value is -2.24. The zero-order valence-corrected chi connectivity index (χ0v) is 8.34. The Kier molecular flexibility index (Phi) is 2.63. The highest BCUT2D eigenvalue weighted by molar-refractivity contribution is 5.90. The van der Waals surface area contributed by atoms with E-state index in [9.17, 15) is 18.0 Å². The summed E-state index contributed by atoms with van der Waals surface area (Å²) in [6, 6.07) is 4.24. The summed E-state index contributed by atoms with van der Waals surface area (Å²) in [5.74, 6) is -5.40. The second-order valence-electron chi connectivity index (χ2n) is 3.25. The van der Waals surface area contributed by atoms with Gasteiger partial charge in [-0.05, 0) is 24.3 Å². The number of primary amides is 1. The number of hydrogen-bond acceptors (Lipinski definition) is 2. The highest BCUT2D eigenvalue weighted by atomic mass is 19.2. The Bertz CT molecular complexity index is 592. The lowest BCUT2D eigenvalue weighted by atomic mass is 10.1. The van der Waals surface area contributed by atoms with Gasteiger partial charge in [-0.25, -0.2) is 13.2 Å². The van der Waals surface area contributed by atoms with Crippen molar-refractivity contribution in [1.82, 2.24) is 0 Å². The molecule has 2 rings (SSSR count). The monoisotopic (exact) mass is 241 g/mol. The van der Waals surface area contributed by atoms with E-state index in [1.165, 1.54) is 12.1 Å². The fraction of sp³-hybridized carbons (Fsp3) is 0. The van der Waals surface area contributed by atoms with Crippen LogP contribution in [-0.4, -0.2) is 5.91 Å². The van der Waals surface area contributed by atoms with Crippen LogP contribution in [0, 0.1) is 17.5 Å². The number of rotatable bonds is 2. The lowest BCUT2D eigenvalue weighted by Gasteiger charge is -2.01. The number of carbonyl (C=O) groups excluding carboxylic acids is 1. The molecule has 2 N–H and O–H groups in total. The number of benzene rings is 1. The number of furan rings is 1. The van der Waals surface area contributed by atoms with Gasteiger partial charge in [0.1, 0.15) is 5.76 Å². The maximum atomic E-state index is 13.4. The van der Waals surface area contributed by atoms with Gasteiger partial charge in [0.25, 0.3) is 5.91 Å². The van der Waals surface area contributed by atoms with E-state index in [1.54, 1.807) is 0 Å². The SMILES string of the molecule is NC(=O)c1ccc(-c2ccc(F)c(F)c2F)o1. The fourth-order valence-electron chi connectivity index (χ4n) is 1.33. The number of amides is 1. The molecule has 2 aromatic rings. The molecule has 0 saturated heterocycles. The van der Waals surface area contributed by atoms with E-state index < -0.39 is 23.4 Å². The molecule has 0 unspecified atom stereocenters. The van der Waals surface area contributed by atoms with Crippen LogP contribution in [0.5, 0.6) is 0 Å². The molecule has 1 aromatic heterocycles. The summed E-state index contributed by atoms with van der Waals surface area (Å²) in [6.07, 6.45) is 0. The second-order valence-corrected chi connectivity index (χ2v) is 3.25. The van der Waals surface area contributed by atoms with Gasteiger partial charge in [-0.2, -0.15) is 0 Å². The van der Waals surface area contributed by atoms with E-state index >= 15 is 0 Å². The molecule has 0 aliphatic rings. The van der Waals surface area contributed by atoms with Gasteiger partial charge < -0.3 is 10.2 Å². The molecule has 17 heavy (non-hydrogen) atoms. The third-order valence-corrected chi connectivity index (χ3v) is 2.15. The standard InChI is InChI=1S/C11H6F3NO2/c12-6-2-1-5(9(13)10(6)14)7-3-4-8(17-7)11(15)16/h1-4H,(H2,15,16). The molecular formula is C11H6F3NO2. The van der Waals surface area contributed by atoms with E-state index in [4.69, 9.17) is 10.2 Å². The molecule has 0 fully saturated rings. The average molecular weight is 241 g/mol. The van der Waals surface area contributed by atoms with E-state index in [0.29, 0.717) is 0 Å². The van der Waals surface area contributed by atoms with Gasteiger partial charge in [0, 0.05) is 0 Å². The predicted molar refractivity (Wildman–Crippen MR) is 52.5 cm³/mol. The van der Waals surface area contributed by atoms with Gasteiger partial charge in [-0.1, -0.05) is 0 Å². The molecule has 0 bridgehead atoms. The van der Waals surface area contributed by atoms with Crippen molar-refractivity contribution < 1.29 is 22.4 Å². The summed E-state index contributed by atoms with van der Waals surface area (Å²) < 4.78 is 43.9. The zero-order chi connectivity index (χ0) is 12.6. The molecule has 1 amide bonds. The molecule has 1 heterocycles. The van der Waals surface area contributed by atoms with Crippen molar-refractivity contribution in [3.8, 4) is 11.3 Å². The highest BCUT2D eigenvalue weighted by Gasteiger charge is 2.17. The van der Waals surface area contributed by atoms with Gasteiger partial charge in [0.15, 0.2) is 23.2 Å². The lowest BCUT2D eigenvalue weighted by molar-refractivity contribution is 0.0974. The predicted octanol–water partition coefficient (Wildman–Crippen LogP) is 2.46. The summed E-state index contributed by atoms with van der Waals surface area (Å²) in [7, 11) is 0. The maximum absolute atomic E-state index is 13.4. The minimum Gasteiger partial charge on any atom is -0.451 e. The molecule has 0 aliphatic carbocycles. The van der Waals surface area contributed by atoms with Gasteiger partial charge in [0.05, 0.1) is 5.56 Å². The minimum atomic E-state index is -1.60. The van der Waals surface area contributed by atoms with Crippen molar-refractivity contribution in [1.29, 1.82) is 0 Å². The molecule has 6 heteroatoms. The van der Waals surface area contributed by atoms with Crippen LogP contribution < -0.4 is 5.73 Å².